The first kappa shape index (κ1) is 10.8. The molecule has 0 radical (unpaired) electrons. The van der Waals surface area contributed by atoms with Gasteiger partial charge in [-0.15, -0.1) is 0 Å². The van der Waals surface area contributed by atoms with Crippen LogP contribution in [0.5, 0.6) is 5.75 Å². The molecule has 3 nitrogen and oxygen atoms in total. The van der Waals surface area contributed by atoms with Crippen LogP contribution in [0.15, 0.2) is 30.2 Å². The van der Waals surface area contributed by atoms with E-state index in [4.69, 9.17) is 14.8 Å². The Morgan fingerprint density at radius 1 is 1.43 bits per heavy atom. The van der Waals surface area contributed by atoms with Crippen molar-refractivity contribution in [2.75, 3.05) is 7.11 Å². The molecule has 2 N–H and O–H groups in total. The first-order chi connectivity index (χ1) is 6.63. The van der Waals surface area contributed by atoms with Gasteiger partial charge in [-0.3, -0.25) is 0 Å². The van der Waals surface area contributed by atoms with Crippen LogP contribution in [0.1, 0.15) is 12.5 Å². The predicted molar refractivity (Wildman–Crippen MR) is 56.8 cm³/mol. The van der Waals surface area contributed by atoms with Gasteiger partial charge >= 0.3 is 7.12 Å². The molecule has 0 saturated carbocycles. The van der Waals surface area contributed by atoms with Crippen molar-refractivity contribution in [2.24, 2.45) is 0 Å². The second-order valence-electron chi connectivity index (χ2n) is 3.00. The Balaban J connectivity index is 2.95. The maximum Gasteiger partial charge on any atom is 0.480 e. The van der Waals surface area contributed by atoms with Gasteiger partial charge in [0.1, 0.15) is 5.75 Å². The van der Waals surface area contributed by atoms with Crippen molar-refractivity contribution in [1.29, 1.82) is 0 Å². The summed E-state index contributed by atoms with van der Waals surface area (Å²) in [5.74, 6) is 2.12. The first-order valence-corrected chi connectivity index (χ1v) is 4.32. The molecule has 0 heterocycles. The summed E-state index contributed by atoms with van der Waals surface area (Å²) in [6.45, 7) is 1.81. The molecule has 0 aliphatic rings. The third kappa shape index (κ3) is 2.90. The van der Waals surface area contributed by atoms with Gasteiger partial charge in [0.2, 0.25) is 0 Å². The largest absolute Gasteiger partial charge is 0.497 e. The summed E-state index contributed by atoms with van der Waals surface area (Å²) in [5, 5.41) is 17.5. The van der Waals surface area contributed by atoms with Crippen molar-refractivity contribution >= 4 is 12.7 Å². The van der Waals surface area contributed by atoms with Gasteiger partial charge in [-0.1, -0.05) is 23.7 Å². The fourth-order valence-electron chi connectivity index (χ4n) is 1.19. The van der Waals surface area contributed by atoms with E-state index >= 15 is 0 Å². The molecular weight excluding hydrogens is 179 g/mol. The van der Waals surface area contributed by atoms with E-state index in [-0.39, 0.29) is 0 Å². The second-order valence-corrected chi connectivity index (χ2v) is 3.00. The van der Waals surface area contributed by atoms with Gasteiger partial charge in [0.15, 0.2) is 0 Å². The standard InChI is InChI=1S/C10H13BO3/c1-8(7-11(12)13)9-4-3-5-10(6-9)14-2/h3-7,12-13H,1-2H3. The molecule has 0 aliphatic carbocycles. The molecule has 0 aromatic heterocycles. The number of hydrogen-bond donors (Lipinski definition) is 2. The molecule has 0 amide bonds. The van der Waals surface area contributed by atoms with Crippen molar-refractivity contribution < 1.29 is 14.8 Å². The number of hydrogen-bond acceptors (Lipinski definition) is 3. The van der Waals surface area contributed by atoms with E-state index in [1.54, 1.807) is 7.11 Å². The van der Waals surface area contributed by atoms with Crippen molar-refractivity contribution in [3.8, 4) is 5.75 Å². The van der Waals surface area contributed by atoms with Crippen LogP contribution in [0.4, 0.5) is 0 Å². The lowest BCUT2D eigenvalue weighted by Crippen LogP contribution is -2.06. The zero-order valence-corrected chi connectivity index (χ0v) is 8.27. The van der Waals surface area contributed by atoms with Crippen molar-refractivity contribution in [1.82, 2.24) is 0 Å². The molecule has 0 spiro atoms. The summed E-state index contributed by atoms with van der Waals surface area (Å²) in [4.78, 5) is 0. The van der Waals surface area contributed by atoms with Crippen LogP contribution in [0, 0.1) is 0 Å². The van der Waals surface area contributed by atoms with Crippen LogP contribution >= 0.6 is 0 Å². The Labute approximate surface area is 83.8 Å². The number of ether oxygens (including phenoxy) is 1. The average molecular weight is 192 g/mol. The summed E-state index contributed by atoms with van der Waals surface area (Å²) >= 11 is 0. The molecule has 1 aromatic carbocycles. The van der Waals surface area contributed by atoms with Crippen LogP contribution in [-0.2, 0) is 0 Å². The number of methoxy groups -OCH3 is 1. The van der Waals surface area contributed by atoms with Gasteiger partial charge in [0.25, 0.3) is 0 Å². The molecule has 0 unspecified atom stereocenters. The topological polar surface area (TPSA) is 49.7 Å². The molecule has 1 rings (SSSR count). The molecule has 74 valence electrons. The Kier molecular flexibility index (Phi) is 3.74. The summed E-state index contributed by atoms with van der Waals surface area (Å²) in [7, 11) is 0.181. The van der Waals surface area contributed by atoms with E-state index < -0.39 is 7.12 Å². The second kappa shape index (κ2) is 4.84. The van der Waals surface area contributed by atoms with Gasteiger partial charge in [0.05, 0.1) is 7.11 Å². The third-order valence-corrected chi connectivity index (χ3v) is 1.92. The molecule has 4 heteroatoms. The molecular formula is C10H13BO3. The third-order valence-electron chi connectivity index (χ3n) is 1.92. The summed E-state index contributed by atoms with van der Waals surface area (Å²) in [6, 6.07) is 7.42. The maximum atomic E-state index is 8.76. The predicted octanol–water partition coefficient (Wildman–Crippen LogP) is 1.11. The summed E-state index contributed by atoms with van der Waals surface area (Å²) in [5.41, 5.74) is 1.72. The maximum absolute atomic E-state index is 8.76. The molecule has 1 aromatic rings. The number of rotatable bonds is 3. The molecule has 0 bridgehead atoms. The van der Waals surface area contributed by atoms with E-state index in [1.165, 1.54) is 5.98 Å². The minimum Gasteiger partial charge on any atom is -0.497 e. The lowest BCUT2D eigenvalue weighted by atomic mass is 9.87. The van der Waals surface area contributed by atoms with Crippen molar-refractivity contribution in [3.63, 3.8) is 0 Å². The van der Waals surface area contributed by atoms with Crippen LogP contribution in [0.25, 0.3) is 5.57 Å². The van der Waals surface area contributed by atoms with Crippen LogP contribution in [0.3, 0.4) is 0 Å². The first-order valence-electron chi connectivity index (χ1n) is 4.32. The Bertz CT molecular complexity index is 334. The highest BCUT2D eigenvalue weighted by molar-refractivity contribution is 6.49. The molecule has 0 fully saturated rings. The molecule has 14 heavy (non-hydrogen) atoms. The van der Waals surface area contributed by atoms with Gasteiger partial charge < -0.3 is 14.8 Å². The highest BCUT2D eigenvalue weighted by Gasteiger charge is 2.04. The minimum atomic E-state index is -1.42. The molecule has 0 atom stereocenters. The van der Waals surface area contributed by atoms with E-state index in [1.807, 2.05) is 31.2 Å². The summed E-state index contributed by atoms with van der Waals surface area (Å²) in [6.07, 6.45) is 0. The molecule has 0 saturated heterocycles. The SMILES string of the molecule is COc1cccc(C(C)=CB(O)O)c1. The number of benzene rings is 1. The van der Waals surface area contributed by atoms with Crippen LogP contribution in [-0.4, -0.2) is 24.3 Å². The van der Waals surface area contributed by atoms with Crippen molar-refractivity contribution in [3.05, 3.63) is 35.8 Å². The molecule has 0 aliphatic heterocycles. The van der Waals surface area contributed by atoms with Gasteiger partial charge in [-0.05, 0) is 24.6 Å². The number of allylic oxidation sites excluding steroid dienone is 1. The Hall–Kier alpha value is -1.26. The Morgan fingerprint density at radius 2 is 2.14 bits per heavy atom. The zero-order valence-electron chi connectivity index (χ0n) is 8.27. The highest BCUT2D eigenvalue weighted by Crippen LogP contribution is 2.19. The average Bonchev–Trinajstić information content (AvgIpc) is 2.17. The van der Waals surface area contributed by atoms with E-state index in [2.05, 4.69) is 0 Å². The quantitative estimate of drug-likeness (QED) is 0.705. The van der Waals surface area contributed by atoms with E-state index in [0.717, 1.165) is 16.9 Å². The van der Waals surface area contributed by atoms with Gasteiger partial charge in [0, 0.05) is 0 Å². The van der Waals surface area contributed by atoms with Crippen molar-refractivity contribution in [2.45, 2.75) is 6.92 Å². The Morgan fingerprint density at radius 3 is 2.71 bits per heavy atom. The fourth-order valence-corrected chi connectivity index (χ4v) is 1.19. The monoisotopic (exact) mass is 192 g/mol. The van der Waals surface area contributed by atoms with Crippen LogP contribution in [0.2, 0.25) is 0 Å². The van der Waals surface area contributed by atoms with E-state index in [0.29, 0.717) is 0 Å². The normalized spacial score (nSPS) is 11.3. The highest BCUT2D eigenvalue weighted by atomic mass is 16.5. The lowest BCUT2D eigenvalue weighted by Gasteiger charge is -2.04. The van der Waals surface area contributed by atoms with Gasteiger partial charge in [-0.2, -0.15) is 0 Å². The van der Waals surface area contributed by atoms with Gasteiger partial charge in [-0.25, -0.2) is 0 Å². The summed E-state index contributed by atoms with van der Waals surface area (Å²) < 4.78 is 5.06. The minimum absolute atomic E-state index is 0.752. The van der Waals surface area contributed by atoms with Crippen LogP contribution < -0.4 is 4.74 Å². The fraction of sp³-hybridized carbons (Fsp3) is 0.200. The lowest BCUT2D eigenvalue weighted by molar-refractivity contribution is 0.414. The van der Waals surface area contributed by atoms with E-state index in [9.17, 15) is 0 Å². The zero-order chi connectivity index (χ0) is 10.6. The smallest absolute Gasteiger partial charge is 0.480 e.